The quantitative estimate of drug-likeness (QED) is 0.746. The highest BCUT2D eigenvalue weighted by Gasteiger charge is 2.28. The number of carbonyl (C=O) groups excluding carboxylic acids is 1. The third-order valence-corrected chi connectivity index (χ3v) is 5.87. The molecule has 2 N–H and O–H groups in total. The first-order valence-corrected chi connectivity index (χ1v) is 9.94. The Kier molecular flexibility index (Phi) is 6.36. The Hall–Kier alpha value is -1.11. The highest BCUT2D eigenvalue weighted by molar-refractivity contribution is 9.10. The van der Waals surface area contributed by atoms with Gasteiger partial charge in [-0.1, -0.05) is 28.8 Å². The smallest absolute Gasteiger partial charge is 0.340 e. The molecule has 0 radical (unpaired) electrons. The van der Waals surface area contributed by atoms with Crippen LogP contribution in [-0.2, 0) is 4.74 Å². The minimum atomic E-state index is -0.304. The van der Waals surface area contributed by atoms with Gasteiger partial charge in [0.1, 0.15) is 0 Å². The number of hydrogen-bond acceptors (Lipinski definition) is 5. The standard InChI is InChI=1S/C19H27BrN2O3/c1-25-19(24)15-12-13(20)6-7-17(15)22-10-8-14(9-11-22)21-16-4-2-3-5-18(16)23/h6-7,12,14,16,18,21,23H,2-5,8-11H2,1H3. The molecule has 25 heavy (non-hydrogen) atoms. The molecule has 0 amide bonds. The van der Waals surface area contributed by atoms with E-state index in [1.165, 1.54) is 13.5 Å². The number of benzene rings is 1. The van der Waals surface area contributed by atoms with Crippen LogP contribution in [0.5, 0.6) is 0 Å². The first kappa shape index (κ1) is 18.7. The highest BCUT2D eigenvalue weighted by atomic mass is 79.9. The summed E-state index contributed by atoms with van der Waals surface area (Å²) in [7, 11) is 1.42. The van der Waals surface area contributed by atoms with Gasteiger partial charge in [0.25, 0.3) is 0 Å². The first-order chi connectivity index (χ1) is 12.1. The summed E-state index contributed by atoms with van der Waals surface area (Å²) in [5.74, 6) is -0.304. The number of nitrogens with zero attached hydrogens (tertiary/aromatic N) is 1. The Balaban J connectivity index is 1.61. The molecule has 1 aliphatic carbocycles. The monoisotopic (exact) mass is 410 g/mol. The van der Waals surface area contributed by atoms with E-state index in [-0.39, 0.29) is 18.1 Å². The summed E-state index contributed by atoms with van der Waals surface area (Å²) in [4.78, 5) is 14.3. The van der Waals surface area contributed by atoms with Crippen molar-refractivity contribution in [3.63, 3.8) is 0 Å². The average Bonchev–Trinajstić information content (AvgIpc) is 2.63. The molecule has 1 aromatic rings. The molecule has 2 unspecified atom stereocenters. The Labute approximate surface area is 157 Å². The molecule has 0 bridgehead atoms. The van der Waals surface area contributed by atoms with E-state index in [9.17, 15) is 9.90 Å². The Morgan fingerprint density at radius 1 is 1.24 bits per heavy atom. The number of halogens is 1. The zero-order valence-corrected chi connectivity index (χ0v) is 16.3. The molecule has 138 valence electrons. The van der Waals surface area contributed by atoms with Crippen molar-refractivity contribution in [2.24, 2.45) is 0 Å². The number of methoxy groups -OCH3 is 1. The van der Waals surface area contributed by atoms with E-state index in [4.69, 9.17) is 4.74 Å². The largest absolute Gasteiger partial charge is 0.465 e. The van der Waals surface area contributed by atoms with Crippen LogP contribution < -0.4 is 10.2 Å². The van der Waals surface area contributed by atoms with Crippen LogP contribution in [0.4, 0.5) is 5.69 Å². The van der Waals surface area contributed by atoms with Gasteiger partial charge in [-0.3, -0.25) is 0 Å². The number of rotatable bonds is 4. The fraction of sp³-hybridized carbons (Fsp3) is 0.632. The Morgan fingerprint density at radius 3 is 2.64 bits per heavy atom. The molecule has 3 rings (SSSR count). The van der Waals surface area contributed by atoms with Gasteiger partial charge >= 0.3 is 5.97 Å². The summed E-state index contributed by atoms with van der Waals surface area (Å²) >= 11 is 3.43. The van der Waals surface area contributed by atoms with E-state index in [1.807, 2.05) is 18.2 Å². The van der Waals surface area contributed by atoms with Gasteiger partial charge in [-0.05, 0) is 43.9 Å². The molecule has 2 aliphatic rings. The molecule has 6 heteroatoms. The SMILES string of the molecule is COC(=O)c1cc(Br)ccc1N1CCC(NC2CCCCC2O)CC1. The lowest BCUT2D eigenvalue weighted by Gasteiger charge is -2.38. The molecule has 0 spiro atoms. The van der Waals surface area contributed by atoms with Crippen LogP contribution in [0.25, 0.3) is 0 Å². The van der Waals surface area contributed by atoms with Crippen LogP contribution in [0, 0.1) is 0 Å². The topological polar surface area (TPSA) is 61.8 Å². The summed E-state index contributed by atoms with van der Waals surface area (Å²) in [6.45, 7) is 1.79. The van der Waals surface area contributed by atoms with Gasteiger partial charge in [-0.2, -0.15) is 0 Å². The third-order valence-electron chi connectivity index (χ3n) is 5.38. The molecule has 2 atom stereocenters. The number of ether oxygens (including phenoxy) is 1. The fourth-order valence-corrected chi connectivity index (χ4v) is 4.31. The van der Waals surface area contributed by atoms with Gasteiger partial charge in [0.15, 0.2) is 0 Å². The van der Waals surface area contributed by atoms with Crippen LogP contribution in [0.1, 0.15) is 48.9 Å². The van der Waals surface area contributed by atoms with Crippen LogP contribution >= 0.6 is 15.9 Å². The van der Waals surface area contributed by atoms with Gasteiger partial charge in [-0.15, -0.1) is 0 Å². The van der Waals surface area contributed by atoms with E-state index >= 15 is 0 Å². The number of hydrogen-bond donors (Lipinski definition) is 2. The molecule has 1 aliphatic heterocycles. The number of piperidine rings is 1. The van der Waals surface area contributed by atoms with E-state index in [2.05, 4.69) is 26.1 Å². The average molecular weight is 411 g/mol. The number of esters is 1. The zero-order chi connectivity index (χ0) is 17.8. The van der Waals surface area contributed by atoms with Crippen molar-refractivity contribution in [2.45, 2.75) is 56.7 Å². The van der Waals surface area contributed by atoms with E-state index in [0.717, 1.165) is 55.4 Å². The lowest BCUT2D eigenvalue weighted by molar-refractivity contribution is 0.0601. The van der Waals surface area contributed by atoms with Crippen LogP contribution in [-0.4, -0.2) is 49.5 Å². The second kappa shape index (κ2) is 8.52. The van der Waals surface area contributed by atoms with Crippen LogP contribution in [0.15, 0.2) is 22.7 Å². The molecule has 5 nitrogen and oxygen atoms in total. The summed E-state index contributed by atoms with van der Waals surface area (Å²) in [6, 6.07) is 6.44. The van der Waals surface area contributed by atoms with Gasteiger partial charge in [-0.25, -0.2) is 4.79 Å². The van der Waals surface area contributed by atoms with Crippen LogP contribution in [0.2, 0.25) is 0 Å². The van der Waals surface area contributed by atoms with Gasteiger partial charge in [0, 0.05) is 29.6 Å². The van der Waals surface area contributed by atoms with Gasteiger partial charge in [0.2, 0.25) is 0 Å². The van der Waals surface area contributed by atoms with Crippen molar-refractivity contribution < 1.29 is 14.6 Å². The predicted octanol–water partition coefficient (Wildman–Crippen LogP) is 3.10. The maximum atomic E-state index is 12.1. The predicted molar refractivity (Wildman–Crippen MR) is 102 cm³/mol. The second-order valence-corrected chi connectivity index (χ2v) is 7.96. The number of anilines is 1. The normalized spacial score (nSPS) is 25.0. The Bertz CT molecular complexity index is 602. The van der Waals surface area contributed by atoms with E-state index in [0.29, 0.717) is 11.6 Å². The maximum absolute atomic E-state index is 12.1. The number of aliphatic hydroxyl groups excluding tert-OH is 1. The second-order valence-electron chi connectivity index (χ2n) is 7.04. The molecule has 0 aromatic heterocycles. The third kappa shape index (κ3) is 4.54. The maximum Gasteiger partial charge on any atom is 0.340 e. The lowest BCUT2D eigenvalue weighted by Crippen LogP contribution is -2.51. The molecule has 1 aromatic carbocycles. The van der Waals surface area contributed by atoms with E-state index < -0.39 is 0 Å². The van der Waals surface area contributed by atoms with E-state index in [1.54, 1.807) is 0 Å². The van der Waals surface area contributed by atoms with Gasteiger partial charge in [0.05, 0.1) is 24.5 Å². The van der Waals surface area contributed by atoms with Crippen molar-refractivity contribution in [1.29, 1.82) is 0 Å². The molecule has 1 saturated carbocycles. The number of carbonyl (C=O) groups is 1. The molecule has 2 fully saturated rings. The number of nitrogens with one attached hydrogen (secondary N) is 1. The molecular formula is C19H27BrN2O3. The first-order valence-electron chi connectivity index (χ1n) is 9.15. The molecule has 1 saturated heterocycles. The van der Waals surface area contributed by atoms with Crippen LogP contribution in [0.3, 0.4) is 0 Å². The molecular weight excluding hydrogens is 384 g/mol. The lowest BCUT2D eigenvalue weighted by atomic mass is 9.91. The van der Waals surface area contributed by atoms with Crippen molar-refractivity contribution >= 4 is 27.6 Å². The summed E-state index contributed by atoms with van der Waals surface area (Å²) in [5, 5.41) is 13.8. The van der Waals surface area contributed by atoms with Crippen molar-refractivity contribution in [2.75, 3.05) is 25.1 Å². The van der Waals surface area contributed by atoms with Crippen molar-refractivity contribution in [3.05, 3.63) is 28.2 Å². The number of aliphatic hydroxyl groups is 1. The molecule has 1 heterocycles. The zero-order valence-electron chi connectivity index (χ0n) is 14.7. The van der Waals surface area contributed by atoms with Gasteiger partial charge < -0.3 is 20.1 Å². The summed E-state index contributed by atoms with van der Waals surface area (Å²) in [5.41, 5.74) is 1.54. The highest BCUT2D eigenvalue weighted by Crippen LogP contribution is 2.28. The Morgan fingerprint density at radius 2 is 1.96 bits per heavy atom. The van der Waals surface area contributed by atoms with Crippen molar-refractivity contribution in [1.82, 2.24) is 5.32 Å². The summed E-state index contributed by atoms with van der Waals surface area (Å²) in [6.07, 6.45) is 6.15. The minimum absolute atomic E-state index is 0.204. The fourth-order valence-electron chi connectivity index (χ4n) is 3.95. The minimum Gasteiger partial charge on any atom is -0.465 e. The summed E-state index contributed by atoms with van der Waals surface area (Å²) < 4.78 is 5.80. The van der Waals surface area contributed by atoms with Crippen molar-refractivity contribution in [3.8, 4) is 0 Å².